The van der Waals surface area contributed by atoms with E-state index in [4.69, 9.17) is 0 Å². The molecule has 0 saturated carbocycles. The van der Waals surface area contributed by atoms with E-state index >= 15 is 0 Å². The van der Waals surface area contributed by atoms with Gasteiger partial charge in [-0.3, -0.25) is 0 Å². The summed E-state index contributed by atoms with van der Waals surface area (Å²) in [6.07, 6.45) is -7.68. The summed E-state index contributed by atoms with van der Waals surface area (Å²) in [5.41, 5.74) is -2.00. The number of aliphatic hydroxyl groups excluding tert-OH is 1. The fourth-order valence-electron chi connectivity index (χ4n) is 2.92. The van der Waals surface area contributed by atoms with Crippen LogP contribution in [0.5, 0.6) is 0 Å². The van der Waals surface area contributed by atoms with Crippen LogP contribution in [0.25, 0.3) is 16.2 Å². The lowest BCUT2D eigenvalue weighted by molar-refractivity contribution is -0.143. The Kier molecular flexibility index (Phi) is 6.05. The van der Waals surface area contributed by atoms with E-state index in [1.165, 1.54) is 6.08 Å². The molecule has 8 heteroatoms. The van der Waals surface area contributed by atoms with Gasteiger partial charge in [0.05, 0.1) is 17.2 Å². The van der Waals surface area contributed by atoms with Crippen LogP contribution in [0.15, 0.2) is 53.9 Å². The van der Waals surface area contributed by atoms with Crippen LogP contribution in [-0.4, -0.2) is 11.2 Å². The van der Waals surface area contributed by atoms with Crippen molar-refractivity contribution in [2.24, 2.45) is 0 Å². The summed E-state index contributed by atoms with van der Waals surface area (Å²) in [6, 6.07) is 9.10. The first-order valence-corrected chi connectivity index (χ1v) is 9.53. The van der Waals surface area contributed by atoms with Crippen LogP contribution in [0.2, 0.25) is 0 Å². The molecule has 29 heavy (non-hydrogen) atoms. The van der Waals surface area contributed by atoms with Crippen LogP contribution in [0.3, 0.4) is 0 Å². The van der Waals surface area contributed by atoms with E-state index in [2.05, 4.69) is 0 Å². The zero-order chi connectivity index (χ0) is 21.2. The first kappa shape index (κ1) is 21.4. The average molecular weight is 430 g/mol. The molecule has 154 valence electrons. The summed E-state index contributed by atoms with van der Waals surface area (Å²) < 4.78 is 78.5. The zero-order valence-electron chi connectivity index (χ0n) is 14.9. The summed E-state index contributed by atoms with van der Waals surface area (Å²) in [5.74, 6) is 0. The Balaban J connectivity index is 1.74. The van der Waals surface area contributed by atoms with Gasteiger partial charge in [0, 0.05) is 4.70 Å². The molecule has 1 heterocycles. The maximum absolute atomic E-state index is 12.9. The van der Waals surface area contributed by atoms with Crippen LogP contribution in [0, 0.1) is 0 Å². The fourth-order valence-corrected chi connectivity index (χ4v) is 3.92. The van der Waals surface area contributed by atoms with E-state index < -0.39 is 29.6 Å². The zero-order valence-corrected chi connectivity index (χ0v) is 15.7. The second-order valence-electron chi connectivity index (χ2n) is 6.56. The van der Waals surface area contributed by atoms with Crippen molar-refractivity contribution in [2.75, 3.05) is 0 Å². The maximum Gasteiger partial charge on any atom is 0.416 e. The number of halogens is 6. The SMILES string of the molecule is OC(C=Cc1cc(C(F)(F)F)cc(C(F)(F)F)c1)CCc1csc2ccccc12. The van der Waals surface area contributed by atoms with Gasteiger partial charge >= 0.3 is 12.4 Å². The van der Waals surface area contributed by atoms with E-state index in [1.807, 2.05) is 29.6 Å². The Morgan fingerprint density at radius 3 is 2.17 bits per heavy atom. The van der Waals surface area contributed by atoms with E-state index in [0.29, 0.717) is 25.0 Å². The highest BCUT2D eigenvalue weighted by Crippen LogP contribution is 2.36. The topological polar surface area (TPSA) is 20.2 Å². The molecular weight excluding hydrogens is 414 g/mol. The lowest BCUT2D eigenvalue weighted by atomic mass is 10.0. The summed E-state index contributed by atoms with van der Waals surface area (Å²) in [4.78, 5) is 0. The molecule has 1 N–H and O–H groups in total. The van der Waals surface area contributed by atoms with E-state index in [9.17, 15) is 31.4 Å². The summed E-state index contributed by atoms with van der Waals surface area (Å²) in [7, 11) is 0. The lowest BCUT2D eigenvalue weighted by Gasteiger charge is -2.13. The minimum Gasteiger partial charge on any atom is -0.389 e. The predicted octanol–water partition coefficient (Wildman–Crippen LogP) is 6.95. The first-order chi connectivity index (χ1) is 13.5. The Hall–Kier alpha value is -2.32. The van der Waals surface area contributed by atoms with E-state index in [1.54, 1.807) is 11.3 Å². The van der Waals surface area contributed by atoms with Gasteiger partial charge in [-0.25, -0.2) is 0 Å². The minimum absolute atomic E-state index is 0.0788. The standard InChI is InChI=1S/C21H16F6OS/c22-20(23,24)15-9-13(10-16(11-15)21(25,26)27)5-7-17(28)8-6-14-12-29-19-4-2-1-3-18(14)19/h1-5,7,9-12,17,28H,6,8H2. The second kappa shape index (κ2) is 8.20. The van der Waals surface area contributed by atoms with Crippen molar-refractivity contribution < 1.29 is 31.4 Å². The maximum atomic E-state index is 12.9. The number of thiophene rings is 1. The average Bonchev–Trinajstić information content (AvgIpc) is 3.06. The van der Waals surface area contributed by atoms with Crippen molar-refractivity contribution in [3.8, 4) is 0 Å². The number of aryl methyl sites for hydroxylation is 1. The highest BCUT2D eigenvalue weighted by atomic mass is 32.1. The highest BCUT2D eigenvalue weighted by Gasteiger charge is 2.36. The van der Waals surface area contributed by atoms with Gasteiger partial charge < -0.3 is 5.11 Å². The molecule has 0 radical (unpaired) electrons. The summed E-state index contributed by atoms with van der Waals surface area (Å²) in [6.45, 7) is 0. The van der Waals surface area contributed by atoms with Gasteiger partial charge in [-0.1, -0.05) is 30.4 Å². The molecule has 0 aliphatic heterocycles. The Morgan fingerprint density at radius 1 is 0.931 bits per heavy atom. The molecule has 0 saturated heterocycles. The molecule has 1 atom stereocenters. The molecule has 0 bridgehead atoms. The van der Waals surface area contributed by atoms with Gasteiger partial charge in [0.1, 0.15) is 0 Å². The minimum atomic E-state index is -4.90. The van der Waals surface area contributed by atoms with Crippen molar-refractivity contribution in [3.05, 3.63) is 76.2 Å². The Morgan fingerprint density at radius 2 is 1.55 bits per heavy atom. The molecule has 0 spiro atoms. The first-order valence-electron chi connectivity index (χ1n) is 8.65. The molecule has 3 rings (SSSR count). The fraction of sp³-hybridized carbons (Fsp3) is 0.238. The Labute approximate surface area is 166 Å². The molecule has 0 aliphatic rings. The quantitative estimate of drug-likeness (QED) is 0.435. The van der Waals surface area contributed by atoms with Crippen LogP contribution in [0.1, 0.15) is 28.7 Å². The number of fused-ring (bicyclic) bond motifs is 1. The van der Waals surface area contributed by atoms with Crippen LogP contribution in [-0.2, 0) is 18.8 Å². The van der Waals surface area contributed by atoms with Crippen molar-refractivity contribution in [1.29, 1.82) is 0 Å². The van der Waals surface area contributed by atoms with E-state index in [0.717, 1.165) is 21.7 Å². The van der Waals surface area contributed by atoms with Crippen molar-refractivity contribution >= 4 is 27.5 Å². The molecule has 1 nitrogen and oxygen atoms in total. The van der Waals surface area contributed by atoms with Gasteiger partial charge in [0.2, 0.25) is 0 Å². The van der Waals surface area contributed by atoms with Crippen molar-refractivity contribution in [3.63, 3.8) is 0 Å². The van der Waals surface area contributed by atoms with Gasteiger partial charge in [0.25, 0.3) is 0 Å². The van der Waals surface area contributed by atoms with E-state index in [-0.39, 0.29) is 11.6 Å². The largest absolute Gasteiger partial charge is 0.416 e. The molecular formula is C21H16F6OS. The predicted molar refractivity (Wildman–Crippen MR) is 102 cm³/mol. The number of aliphatic hydroxyl groups is 1. The third kappa shape index (κ3) is 5.39. The lowest BCUT2D eigenvalue weighted by Crippen LogP contribution is -2.11. The number of benzene rings is 2. The molecule has 3 aromatic rings. The van der Waals surface area contributed by atoms with Crippen molar-refractivity contribution in [2.45, 2.75) is 31.3 Å². The smallest absolute Gasteiger partial charge is 0.389 e. The molecule has 1 unspecified atom stereocenters. The molecule has 1 aromatic heterocycles. The molecule has 0 amide bonds. The summed E-state index contributed by atoms with van der Waals surface area (Å²) >= 11 is 1.57. The third-order valence-corrected chi connectivity index (χ3v) is 5.40. The number of hydrogen-bond donors (Lipinski definition) is 1. The molecule has 0 fully saturated rings. The highest BCUT2D eigenvalue weighted by molar-refractivity contribution is 7.17. The van der Waals surface area contributed by atoms with Crippen LogP contribution >= 0.6 is 11.3 Å². The monoisotopic (exact) mass is 430 g/mol. The van der Waals surface area contributed by atoms with Crippen LogP contribution < -0.4 is 0 Å². The van der Waals surface area contributed by atoms with Gasteiger partial charge in [-0.2, -0.15) is 26.3 Å². The Bertz CT molecular complexity index is 984. The third-order valence-electron chi connectivity index (χ3n) is 4.39. The van der Waals surface area contributed by atoms with Gasteiger partial charge in [-0.05, 0) is 59.0 Å². The number of hydrogen-bond acceptors (Lipinski definition) is 2. The normalized spacial score (nSPS) is 14.0. The van der Waals surface area contributed by atoms with Crippen LogP contribution in [0.4, 0.5) is 26.3 Å². The molecule has 0 aliphatic carbocycles. The second-order valence-corrected chi connectivity index (χ2v) is 7.47. The number of rotatable bonds is 5. The van der Waals surface area contributed by atoms with Gasteiger partial charge in [-0.15, -0.1) is 11.3 Å². The molecule has 2 aromatic carbocycles. The van der Waals surface area contributed by atoms with Gasteiger partial charge in [0.15, 0.2) is 0 Å². The summed E-state index contributed by atoms with van der Waals surface area (Å²) in [5, 5.41) is 13.2. The van der Waals surface area contributed by atoms with Crippen molar-refractivity contribution in [1.82, 2.24) is 0 Å². The number of alkyl halides is 6.